The van der Waals surface area contributed by atoms with Gasteiger partial charge in [-0.05, 0) is 48.9 Å². The molecule has 0 atom stereocenters. The summed E-state index contributed by atoms with van der Waals surface area (Å²) >= 11 is 0. The van der Waals surface area contributed by atoms with E-state index >= 15 is 0 Å². The average molecular weight is 302 g/mol. The predicted octanol–water partition coefficient (Wildman–Crippen LogP) is 3.13. The van der Waals surface area contributed by atoms with Crippen molar-refractivity contribution >= 4 is 5.91 Å². The predicted molar refractivity (Wildman–Crippen MR) is 92.1 cm³/mol. The van der Waals surface area contributed by atoms with Gasteiger partial charge in [0.2, 0.25) is 5.91 Å². The number of nitrogens with one attached hydrogen (secondary N) is 1. The molecule has 0 unspecified atom stereocenters. The molecule has 1 aliphatic heterocycles. The molecule has 3 heteroatoms. The molecule has 1 N–H and O–H groups in total. The highest BCUT2D eigenvalue weighted by atomic mass is 16.2. The molecule has 2 rings (SSSR count). The number of carbonyl (C=O) groups excluding carboxylic acids is 1. The van der Waals surface area contributed by atoms with Gasteiger partial charge < -0.3 is 10.2 Å². The van der Waals surface area contributed by atoms with Gasteiger partial charge in [0.15, 0.2) is 0 Å². The third-order valence-corrected chi connectivity index (χ3v) is 4.70. The fourth-order valence-corrected chi connectivity index (χ4v) is 3.00. The molecule has 0 aromatic heterocycles. The number of nitrogens with zero attached hydrogens (tertiary/aromatic N) is 1. The Balaban J connectivity index is 1.85. The van der Waals surface area contributed by atoms with E-state index in [4.69, 9.17) is 0 Å². The molecule has 0 spiro atoms. The molecule has 1 aromatic rings. The first-order chi connectivity index (χ1) is 10.4. The summed E-state index contributed by atoms with van der Waals surface area (Å²) in [6.07, 6.45) is 3.58. The molecule has 3 nitrogen and oxygen atoms in total. The number of carbonyl (C=O) groups is 1. The highest BCUT2D eigenvalue weighted by Gasteiger charge is 2.21. The molecule has 22 heavy (non-hydrogen) atoms. The Morgan fingerprint density at radius 2 is 1.77 bits per heavy atom. The second-order valence-electron chi connectivity index (χ2n) is 7.43. The van der Waals surface area contributed by atoms with Crippen molar-refractivity contribution in [1.29, 1.82) is 0 Å². The first kappa shape index (κ1) is 17.0. The second kappa shape index (κ2) is 7.28. The lowest BCUT2D eigenvalue weighted by Crippen LogP contribution is -2.44. The van der Waals surface area contributed by atoms with Gasteiger partial charge in [0.25, 0.3) is 0 Å². The van der Waals surface area contributed by atoms with E-state index in [2.05, 4.69) is 50.4 Å². The third-order valence-electron chi connectivity index (χ3n) is 4.70. The number of rotatable bonds is 4. The average Bonchev–Trinajstić information content (AvgIpc) is 2.52. The van der Waals surface area contributed by atoms with Crippen LogP contribution in [0.2, 0.25) is 0 Å². The lowest BCUT2D eigenvalue weighted by atomic mass is 9.86. The molecule has 1 heterocycles. The first-order valence-corrected chi connectivity index (χ1v) is 8.44. The highest BCUT2D eigenvalue weighted by Crippen LogP contribution is 2.22. The highest BCUT2D eigenvalue weighted by molar-refractivity contribution is 5.76. The molecule has 0 aliphatic carbocycles. The number of aryl methyl sites for hydroxylation is 1. The van der Waals surface area contributed by atoms with Gasteiger partial charge >= 0.3 is 0 Å². The van der Waals surface area contributed by atoms with Crippen molar-refractivity contribution in [2.45, 2.75) is 57.9 Å². The molecule has 1 aliphatic rings. The molecule has 1 fully saturated rings. The van der Waals surface area contributed by atoms with E-state index in [1.807, 2.05) is 11.9 Å². The molecule has 0 saturated carbocycles. The molecule has 1 aromatic carbocycles. The maximum absolute atomic E-state index is 12.3. The Bertz CT molecular complexity index is 481. The molecule has 1 amide bonds. The lowest BCUT2D eigenvalue weighted by molar-refractivity contribution is -0.132. The summed E-state index contributed by atoms with van der Waals surface area (Å²) in [5.41, 5.74) is 2.78. The standard InChI is InChI=1S/C19H30N2O/c1-19(2,3)16-8-5-15(6-9-16)7-10-18(22)21(4)17-11-13-20-14-12-17/h5-6,8-9,17,20H,7,10-14H2,1-4H3. The molecular weight excluding hydrogens is 272 g/mol. The van der Waals surface area contributed by atoms with Crippen molar-refractivity contribution < 1.29 is 4.79 Å². The van der Waals surface area contributed by atoms with E-state index in [9.17, 15) is 4.79 Å². The van der Waals surface area contributed by atoms with Gasteiger partial charge in [-0.3, -0.25) is 4.79 Å². The zero-order valence-electron chi connectivity index (χ0n) is 14.5. The van der Waals surface area contributed by atoms with Crippen molar-refractivity contribution in [1.82, 2.24) is 10.2 Å². The smallest absolute Gasteiger partial charge is 0.222 e. The van der Waals surface area contributed by atoms with Crippen LogP contribution in [0.5, 0.6) is 0 Å². The molecule has 0 bridgehead atoms. The molecular formula is C19H30N2O. The van der Waals surface area contributed by atoms with Crippen LogP contribution in [0.3, 0.4) is 0 Å². The van der Waals surface area contributed by atoms with Crippen molar-refractivity contribution in [2.24, 2.45) is 0 Å². The van der Waals surface area contributed by atoms with Gasteiger partial charge in [0.05, 0.1) is 0 Å². The van der Waals surface area contributed by atoms with Crippen LogP contribution in [-0.4, -0.2) is 37.0 Å². The molecule has 122 valence electrons. The Labute approximate surface area is 135 Å². The summed E-state index contributed by atoms with van der Waals surface area (Å²) in [7, 11) is 1.96. The van der Waals surface area contributed by atoms with Crippen molar-refractivity contribution in [3.8, 4) is 0 Å². The zero-order valence-corrected chi connectivity index (χ0v) is 14.5. The Morgan fingerprint density at radius 3 is 2.32 bits per heavy atom. The Morgan fingerprint density at radius 1 is 1.18 bits per heavy atom. The summed E-state index contributed by atoms with van der Waals surface area (Å²) in [6, 6.07) is 9.13. The minimum atomic E-state index is 0.184. The minimum Gasteiger partial charge on any atom is -0.343 e. The lowest BCUT2D eigenvalue weighted by Gasteiger charge is -2.31. The van der Waals surface area contributed by atoms with Gasteiger partial charge in [-0.1, -0.05) is 45.0 Å². The largest absolute Gasteiger partial charge is 0.343 e. The zero-order chi connectivity index (χ0) is 16.2. The SMILES string of the molecule is CN(C(=O)CCc1ccc(C(C)(C)C)cc1)C1CCNCC1. The maximum atomic E-state index is 12.3. The maximum Gasteiger partial charge on any atom is 0.222 e. The van der Waals surface area contributed by atoms with Crippen LogP contribution in [-0.2, 0) is 16.6 Å². The number of hydrogen-bond donors (Lipinski definition) is 1. The molecule has 1 saturated heterocycles. The van der Waals surface area contributed by atoms with E-state index in [0.29, 0.717) is 12.5 Å². The summed E-state index contributed by atoms with van der Waals surface area (Å²) in [5.74, 6) is 0.270. The topological polar surface area (TPSA) is 32.3 Å². The van der Waals surface area contributed by atoms with E-state index in [1.165, 1.54) is 11.1 Å². The van der Waals surface area contributed by atoms with Crippen LogP contribution >= 0.6 is 0 Å². The summed E-state index contributed by atoms with van der Waals surface area (Å²) < 4.78 is 0. The number of piperidine rings is 1. The summed E-state index contributed by atoms with van der Waals surface area (Å²) in [4.78, 5) is 14.3. The second-order valence-corrected chi connectivity index (χ2v) is 7.43. The fourth-order valence-electron chi connectivity index (χ4n) is 3.00. The van der Waals surface area contributed by atoms with Crippen LogP contribution in [0.15, 0.2) is 24.3 Å². The number of hydrogen-bond acceptors (Lipinski definition) is 2. The Hall–Kier alpha value is -1.35. The van der Waals surface area contributed by atoms with Gasteiger partial charge in [0, 0.05) is 19.5 Å². The van der Waals surface area contributed by atoms with Crippen LogP contribution in [0, 0.1) is 0 Å². The van der Waals surface area contributed by atoms with Gasteiger partial charge in [-0.15, -0.1) is 0 Å². The van der Waals surface area contributed by atoms with Gasteiger partial charge in [-0.25, -0.2) is 0 Å². The Kier molecular flexibility index (Phi) is 5.63. The third kappa shape index (κ3) is 4.57. The number of benzene rings is 1. The van der Waals surface area contributed by atoms with Crippen LogP contribution in [0.4, 0.5) is 0 Å². The van der Waals surface area contributed by atoms with Gasteiger partial charge in [-0.2, -0.15) is 0 Å². The summed E-state index contributed by atoms with van der Waals surface area (Å²) in [5, 5.41) is 3.35. The number of amides is 1. The van der Waals surface area contributed by atoms with E-state index in [0.717, 1.165) is 32.4 Å². The van der Waals surface area contributed by atoms with E-state index < -0.39 is 0 Å². The quantitative estimate of drug-likeness (QED) is 0.927. The first-order valence-electron chi connectivity index (χ1n) is 8.44. The van der Waals surface area contributed by atoms with Crippen molar-refractivity contribution in [3.63, 3.8) is 0 Å². The normalized spacial score (nSPS) is 16.5. The minimum absolute atomic E-state index is 0.184. The van der Waals surface area contributed by atoms with E-state index in [1.54, 1.807) is 0 Å². The van der Waals surface area contributed by atoms with E-state index in [-0.39, 0.29) is 11.3 Å². The van der Waals surface area contributed by atoms with Crippen LogP contribution in [0.1, 0.15) is 51.2 Å². The molecule has 0 radical (unpaired) electrons. The fraction of sp³-hybridized carbons (Fsp3) is 0.632. The van der Waals surface area contributed by atoms with Crippen molar-refractivity contribution in [3.05, 3.63) is 35.4 Å². The van der Waals surface area contributed by atoms with Crippen molar-refractivity contribution in [2.75, 3.05) is 20.1 Å². The monoisotopic (exact) mass is 302 g/mol. The summed E-state index contributed by atoms with van der Waals surface area (Å²) in [6.45, 7) is 8.71. The van der Waals surface area contributed by atoms with Gasteiger partial charge in [0.1, 0.15) is 0 Å². The van der Waals surface area contributed by atoms with Crippen LogP contribution < -0.4 is 5.32 Å². The van der Waals surface area contributed by atoms with Crippen LogP contribution in [0.25, 0.3) is 0 Å².